The van der Waals surface area contributed by atoms with E-state index in [0.29, 0.717) is 35.4 Å². The third-order valence-electron chi connectivity index (χ3n) is 7.31. The van der Waals surface area contributed by atoms with E-state index in [1.54, 1.807) is 32.3 Å². The minimum absolute atomic E-state index is 0.0143. The van der Waals surface area contributed by atoms with Crippen LogP contribution in [0.5, 0.6) is 0 Å². The van der Waals surface area contributed by atoms with E-state index in [4.69, 9.17) is 10.7 Å². The highest BCUT2D eigenvalue weighted by Crippen LogP contribution is 2.44. The average molecular weight is 479 g/mol. The average Bonchev–Trinajstić information content (AvgIpc) is 3.36. The molecular formula is C25H30N6O4. The Morgan fingerprint density at radius 3 is 2.40 bits per heavy atom. The second kappa shape index (κ2) is 8.39. The van der Waals surface area contributed by atoms with E-state index in [9.17, 15) is 19.8 Å². The maximum Gasteiger partial charge on any atom is 0.248 e. The monoisotopic (exact) mass is 478 g/mol. The molecule has 10 heteroatoms. The minimum atomic E-state index is -1.06. The van der Waals surface area contributed by atoms with Gasteiger partial charge in [-0.25, -0.2) is 4.98 Å². The Bertz CT molecular complexity index is 1300. The van der Waals surface area contributed by atoms with Crippen LogP contribution in [0, 0.1) is 0 Å². The summed E-state index contributed by atoms with van der Waals surface area (Å²) < 4.78 is 1.48. The quantitative estimate of drug-likeness (QED) is 0.472. The number of aliphatic hydroxyl groups excluding tert-OH is 1. The first-order valence-electron chi connectivity index (χ1n) is 11.9. The molecule has 35 heavy (non-hydrogen) atoms. The van der Waals surface area contributed by atoms with Crippen molar-refractivity contribution in [2.45, 2.75) is 70.1 Å². The van der Waals surface area contributed by atoms with E-state index in [-0.39, 0.29) is 35.5 Å². The molecule has 2 saturated heterocycles. The molecule has 1 unspecified atom stereocenters. The van der Waals surface area contributed by atoms with E-state index in [1.165, 1.54) is 11.4 Å². The zero-order chi connectivity index (χ0) is 25.1. The Labute approximate surface area is 202 Å². The predicted molar refractivity (Wildman–Crippen MR) is 129 cm³/mol. The van der Waals surface area contributed by atoms with E-state index < -0.39 is 12.2 Å². The number of nitrogens with zero attached hydrogens (tertiary/aromatic N) is 5. The number of rotatable bonds is 5. The Morgan fingerprint density at radius 2 is 1.86 bits per heavy atom. The third-order valence-corrected chi connectivity index (χ3v) is 7.31. The first-order valence-corrected chi connectivity index (χ1v) is 11.9. The van der Waals surface area contributed by atoms with E-state index >= 15 is 0 Å². The first kappa shape index (κ1) is 23.4. The molecule has 3 aromatic heterocycles. The normalized spacial score (nSPS) is 22.1. The van der Waals surface area contributed by atoms with Crippen LogP contribution in [-0.2, 0) is 10.4 Å². The predicted octanol–water partition coefficient (Wildman–Crippen LogP) is 2.03. The highest BCUT2D eigenvalue weighted by atomic mass is 16.3. The molecule has 3 aromatic rings. The molecule has 0 aromatic carbocycles. The fourth-order valence-corrected chi connectivity index (χ4v) is 5.70. The number of anilines is 1. The second-order valence-corrected chi connectivity index (χ2v) is 10.1. The van der Waals surface area contributed by atoms with Crippen molar-refractivity contribution >= 4 is 23.2 Å². The summed E-state index contributed by atoms with van der Waals surface area (Å²) in [4.78, 5) is 36.1. The van der Waals surface area contributed by atoms with Crippen LogP contribution in [0.2, 0.25) is 0 Å². The molecule has 5 rings (SSSR count). The van der Waals surface area contributed by atoms with Crippen molar-refractivity contribution in [1.82, 2.24) is 24.5 Å². The summed E-state index contributed by atoms with van der Waals surface area (Å²) in [6.45, 7) is 4.34. The van der Waals surface area contributed by atoms with Gasteiger partial charge in [-0.3, -0.25) is 14.6 Å². The van der Waals surface area contributed by atoms with Gasteiger partial charge < -0.3 is 20.8 Å². The number of hydrogen-bond acceptors (Lipinski definition) is 8. The van der Waals surface area contributed by atoms with Gasteiger partial charge in [0.05, 0.1) is 23.1 Å². The summed E-state index contributed by atoms with van der Waals surface area (Å²) in [7, 11) is 0. The van der Waals surface area contributed by atoms with Crippen LogP contribution in [0.15, 0.2) is 24.5 Å². The number of aliphatic hydroxyl groups is 2. The Kier molecular flexibility index (Phi) is 5.60. The summed E-state index contributed by atoms with van der Waals surface area (Å²) in [5.74, 6) is -0.224. The van der Waals surface area contributed by atoms with E-state index in [1.807, 2.05) is 11.0 Å². The summed E-state index contributed by atoms with van der Waals surface area (Å²) in [5, 5.41) is 24.0. The van der Waals surface area contributed by atoms with E-state index in [0.717, 1.165) is 24.0 Å². The largest absolute Gasteiger partial charge is 0.387 e. The molecule has 10 nitrogen and oxygen atoms in total. The molecule has 184 valence electrons. The van der Waals surface area contributed by atoms with Crippen LogP contribution in [-0.4, -0.2) is 65.1 Å². The molecule has 0 aliphatic carbocycles. The standard InChI is InChI=1S/C25H30N6O4/c1-13(33)21-22(15-8-16-5-6-17(9-15)30(16)20(34)12-32)29-24-18(11-28-31(24)23(21)26)14-4-7-19(27-10-14)25(2,3)35/h4,7,10-11,15-17,32,35H,5-6,8-9,12,26H2,1-3H3/t15?,16-,17+. The maximum absolute atomic E-state index is 12.7. The number of carbonyl (C=O) groups excluding carboxylic acids is 2. The van der Waals surface area contributed by atoms with Gasteiger partial charge in [0.25, 0.3) is 0 Å². The number of carbonyl (C=O) groups is 2. The lowest BCUT2D eigenvalue weighted by Gasteiger charge is -2.39. The van der Waals surface area contributed by atoms with Gasteiger partial charge in [-0.05, 0) is 52.5 Å². The summed E-state index contributed by atoms with van der Waals surface area (Å²) in [6, 6.07) is 3.65. The van der Waals surface area contributed by atoms with Gasteiger partial charge in [-0.2, -0.15) is 9.61 Å². The molecule has 4 N–H and O–H groups in total. The van der Waals surface area contributed by atoms with Gasteiger partial charge in [-0.1, -0.05) is 6.07 Å². The molecule has 5 heterocycles. The van der Waals surface area contributed by atoms with Crippen molar-refractivity contribution in [3.63, 3.8) is 0 Å². The SMILES string of the molecule is CC(=O)c1c(C2C[C@H]3CC[C@@H](C2)N3C(=O)CO)nc2c(-c3ccc(C(C)(C)O)nc3)cnn2c1N. The molecular weight excluding hydrogens is 448 g/mol. The number of Topliss-reactive ketones (excluding diaryl/α,β-unsaturated/α-hetero) is 1. The molecule has 0 spiro atoms. The molecule has 0 saturated carbocycles. The van der Waals surface area contributed by atoms with Crippen LogP contribution >= 0.6 is 0 Å². The number of piperidine rings is 1. The Hall–Kier alpha value is -3.37. The highest BCUT2D eigenvalue weighted by molar-refractivity contribution is 6.00. The van der Waals surface area contributed by atoms with Crippen LogP contribution in [0.1, 0.15) is 74.1 Å². The number of ketones is 1. The van der Waals surface area contributed by atoms with Crippen LogP contribution < -0.4 is 5.73 Å². The number of amides is 1. The van der Waals surface area contributed by atoms with Crippen LogP contribution in [0.4, 0.5) is 5.82 Å². The number of pyridine rings is 1. The molecule has 2 bridgehead atoms. The van der Waals surface area contributed by atoms with E-state index in [2.05, 4.69) is 10.1 Å². The lowest BCUT2D eigenvalue weighted by molar-refractivity contribution is -0.138. The van der Waals surface area contributed by atoms with Gasteiger partial charge in [0, 0.05) is 35.3 Å². The van der Waals surface area contributed by atoms with Gasteiger partial charge in [0.1, 0.15) is 18.0 Å². The van der Waals surface area contributed by atoms with Crippen molar-refractivity contribution < 1.29 is 19.8 Å². The third kappa shape index (κ3) is 3.86. The molecule has 3 atom stereocenters. The number of hydrogen-bond donors (Lipinski definition) is 3. The van der Waals surface area contributed by atoms with Gasteiger partial charge in [0.2, 0.25) is 5.91 Å². The van der Waals surface area contributed by atoms with Crippen molar-refractivity contribution in [2.24, 2.45) is 0 Å². The minimum Gasteiger partial charge on any atom is -0.387 e. The molecule has 0 radical (unpaired) electrons. The fraction of sp³-hybridized carbons (Fsp3) is 0.480. The van der Waals surface area contributed by atoms with Crippen LogP contribution in [0.3, 0.4) is 0 Å². The number of fused-ring (bicyclic) bond motifs is 3. The van der Waals surface area contributed by atoms with Crippen molar-refractivity contribution in [3.05, 3.63) is 41.5 Å². The Morgan fingerprint density at radius 1 is 1.17 bits per heavy atom. The topological polar surface area (TPSA) is 147 Å². The van der Waals surface area contributed by atoms with Crippen molar-refractivity contribution in [1.29, 1.82) is 0 Å². The summed E-state index contributed by atoms with van der Waals surface area (Å²) >= 11 is 0. The smallest absolute Gasteiger partial charge is 0.248 e. The maximum atomic E-state index is 12.7. The molecule has 2 aliphatic rings. The van der Waals surface area contributed by atoms with Gasteiger partial charge in [-0.15, -0.1) is 0 Å². The van der Waals surface area contributed by atoms with Crippen LogP contribution in [0.25, 0.3) is 16.8 Å². The fourth-order valence-electron chi connectivity index (χ4n) is 5.70. The first-order chi connectivity index (χ1) is 16.6. The summed E-state index contributed by atoms with van der Waals surface area (Å²) in [6.07, 6.45) is 6.39. The van der Waals surface area contributed by atoms with Crippen molar-refractivity contribution in [3.8, 4) is 11.1 Å². The number of nitrogens with two attached hydrogens (primary N) is 1. The second-order valence-electron chi connectivity index (χ2n) is 10.1. The van der Waals surface area contributed by atoms with Gasteiger partial charge in [0.15, 0.2) is 11.4 Å². The zero-order valence-corrected chi connectivity index (χ0v) is 20.1. The lowest BCUT2D eigenvalue weighted by atomic mass is 9.85. The molecule has 2 aliphatic heterocycles. The number of nitrogen functional groups attached to an aromatic ring is 1. The summed E-state index contributed by atoms with van der Waals surface area (Å²) in [5.41, 5.74) is 8.99. The zero-order valence-electron chi connectivity index (χ0n) is 20.1. The number of aromatic nitrogens is 4. The Balaban J connectivity index is 1.59. The molecule has 1 amide bonds. The lowest BCUT2D eigenvalue weighted by Crippen LogP contribution is -2.47. The molecule has 2 fully saturated rings. The van der Waals surface area contributed by atoms with Gasteiger partial charge >= 0.3 is 0 Å². The highest BCUT2D eigenvalue weighted by Gasteiger charge is 2.44. The van der Waals surface area contributed by atoms with Crippen molar-refractivity contribution in [2.75, 3.05) is 12.3 Å².